The number of ketones is 1. The van der Waals surface area contributed by atoms with Crippen LogP contribution in [0.25, 0.3) is 0 Å². The molecule has 0 unspecified atom stereocenters. The molecule has 1 N–H and O–H groups in total. The van der Waals surface area contributed by atoms with Crippen LogP contribution in [0.3, 0.4) is 0 Å². The van der Waals surface area contributed by atoms with Gasteiger partial charge in [-0.05, 0) is 36.7 Å². The molecule has 30 heavy (non-hydrogen) atoms. The monoisotopic (exact) mass is 414 g/mol. The van der Waals surface area contributed by atoms with Gasteiger partial charge >= 0.3 is 12.0 Å². The number of hydrogen-bond acceptors (Lipinski definition) is 5. The van der Waals surface area contributed by atoms with E-state index in [-0.39, 0.29) is 17.6 Å². The normalized spacial score (nSPS) is 24.6. The first-order chi connectivity index (χ1) is 14.3. The second kappa shape index (κ2) is 8.98. The highest BCUT2D eigenvalue weighted by Crippen LogP contribution is 2.38. The first-order valence-electron chi connectivity index (χ1n) is 10.7. The predicted molar refractivity (Wildman–Crippen MR) is 111 cm³/mol. The smallest absolute Gasteiger partial charge is 0.326 e. The Hall–Kier alpha value is -2.70. The standard InChI is InChI=1S/C23H30N2O5/c1-4-15(2)17-8-10-18(11-9-17)19(26)14-30-20(27)13-25-21(28)23(24-22(25)29)12-6-5-7-16(23)3/h8-11,15-16H,4-7,12-14H2,1-3H3,(H,24,29)/t15-,16+,23-/m1/s1. The van der Waals surface area contributed by atoms with Crippen LogP contribution >= 0.6 is 0 Å². The zero-order chi connectivity index (χ0) is 21.9. The van der Waals surface area contributed by atoms with Gasteiger partial charge < -0.3 is 10.1 Å². The summed E-state index contributed by atoms with van der Waals surface area (Å²) < 4.78 is 5.06. The average molecular weight is 415 g/mol. The molecule has 1 aliphatic heterocycles. The van der Waals surface area contributed by atoms with Crippen molar-refractivity contribution in [1.82, 2.24) is 10.2 Å². The van der Waals surface area contributed by atoms with Crippen LogP contribution in [0.15, 0.2) is 24.3 Å². The molecule has 3 rings (SSSR count). The summed E-state index contributed by atoms with van der Waals surface area (Å²) in [5.74, 6) is -1.05. The fraction of sp³-hybridized carbons (Fsp3) is 0.565. The van der Waals surface area contributed by atoms with Crippen LogP contribution in [0.2, 0.25) is 0 Å². The molecule has 7 heteroatoms. The molecule has 1 heterocycles. The molecule has 0 radical (unpaired) electrons. The van der Waals surface area contributed by atoms with Crippen LogP contribution in [-0.4, -0.2) is 47.3 Å². The van der Waals surface area contributed by atoms with E-state index in [1.165, 1.54) is 0 Å². The number of nitrogens with one attached hydrogen (secondary N) is 1. The number of hydrogen-bond donors (Lipinski definition) is 1. The molecule has 3 atom stereocenters. The fourth-order valence-electron chi connectivity index (χ4n) is 4.28. The quantitative estimate of drug-likeness (QED) is 0.419. The number of carbonyl (C=O) groups excluding carboxylic acids is 4. The van der Waals surface area contributed by atoms with Crippen molar-refractivity contribution in [3.05, 3.63) is 35.4 Å². The van der Waals surface area contributed by atoms with E-state index in [9.17, 15) is 19.2 Å². The summed E-state index contributed by atoms with van der Waals surface area (Å²) in [6.45, 7) is 5.26. The molecule has 1 aromatic carbocycles. The molecule has 0 bridgehead atoms. The summed E-state index contributed by atoms with van der Waals surface area (Å²) in [7, 11) is 0. The van der Waals surface area contributed by atoms with Gasteiger partial charge in [-0.2, -0.15) is 0 Å². The Balaban J connectivity index is 1.55. The lowest BCUT2D eigenvalue weighted by molar-refractivity contribution is -0.147. The van der Waals surface area contributed by atoms with Crippen LogP contribution in [0.1, 0.15) is 74.7 Å². The Bertz CT molecular complexity index is 835. The lowest BCUT2D eigenvalue weighted by atomic mass is 9.73. The highest BCUT2D eigenvalue weighted by Gasteiger charge is 2.55. The van der Waals surface area contributed by atoms with Crippen LogP contribution in [0.5, 0.6) is 0 Å². The molecule has 7 nitrogen and oxygen atoms in total. The summed E-state index contributed by atoms with van der Waals surface area (Å²) in [4.78, 5) is 50.6. The molecule has 2 aliphatic rings. The molecular weight excluding hydrogens is 384 g/mol. The third-order valence-corrected chi connectivity index (χ3v) is 6.57. The van der Waals surface area contributed by atoms with Gasteiger partial charge in [0.05, 0.1) is 0 Å². The van der Waals surface area contributed by atoms with Gasteiger partial charge in [-0.3, -0.25) is 19.3 Å². The predicted octanol–water partition coefficient (Wildman–Crippen LogP) is 3.43. The first-order valence-corrected chi connectivity index (χ1v) is 10.7. The van der Waals surface area contributed by atoms with Crippen molar-refractivity contribution in [2.45, 2.75) is 64.3 Å². The average Bonchev–Trinajstić information content (AvgIpc) is 2.98. The number of ether oxygens (including phenoxy) is 1. The highest BCUT2D eigenvalue weighted by molar-refractivity contribution is 6.09. The lowest BCUT2D eigenvalue weighted by Crippen LogP contribution is -2.54. The minimum absolute atomic E-state index is 0.0173. The van der Waals surface area contributed by atoms with Crippen molar-refractivity contribution in [2.75, 3.05) is 13.2 Å². The number of rotatable bonds is 7. The summed E-state index contributed by atoms with van der Waals surface area (Å²) in [5, 5.41) is 2.80. The maximum Gasteiger partial charge on any atom is 0.326 e. The van der Waals surface area contributed by atoms with Gasteiger partial charge in [0.15, 0.2) is 12.4 Å². The maximum atomic E-state index is 12.9. The molecule has 3 amide bonds. The summed E-state index contributed by atoms with van der Waals surface area (Å²) >= 11 is 0. The van der Waals surface area contributed by atoms with Gasteiger partial charge in [0.2, 0.25) is 0 Å². The van der Waals surface area contributed by atoms with Gasteiger partial charge in [0, 0.05) is 5.56 Å². The number of nitrogens with zero attached hydrogens (tertiary/aromatic N) is 1. The SMILES string of the molecule is CC[C@@H](C)c1ccc(C(=O)COC(=O)CN2C(=O)N[C@@]3(CCCC[C@@H]3C)C2=O)cc1. The third kappa shape index (κ3) is 4.25. The molecule has 1 aromatic rings. The Labute approximate surface area is 177 Å². The van der Waals surface area contributed by atoms with E-state index >= 15 is 0 Å². The Morgan fingerprint density at radius 3 is 2.57 bits per heavy atom. The Kier molecular flexibility index (Phi) is 6.58. The van der Waals surface area contributed by atoms with E-state index in [0.717, 1.165) is 36.1 Å². The van der Waals surface area contributed by atoms with Gasteiger partial charge in [0.1, 0.15) is 12.1 Å². The molecule has 1 saturated carbocycles. The molecule has 0 aromatic heterocycles. The minimum Gasteiger partial charge on any atom is -0.456 e. The van der Waals surface area contributed by atoms with E-state index < -0.39 is 30.7 Å². The fourth-order valence-corrected chi connectivity index (χ4v) is 4.28. The second-order valence-corrected chi connectivity index (χ2v) is 8.45. The number of urea groups is 1. The van der Waals surface area contributed by atoms with Gasteiger partial charge in [-0.15, -0.1) is 0 Å². The molecule has 1 saturated heterocycles. The Morgan fingerprint density at radius 1 is 1.23 bits per heavy atom. The van der Waals surface area contributed by atoms with Crippen molar-refractivity contribution in [3.8, 4) is 0 Å². The van der Waals surface area contributed by atoms with Gasteiger partial charge in [-0.25, -0.2) is 4.79 Å². The van der Waals surface area contributed by atoms with Crippen LogP contribution in [0, 0.1) is 5.92 Å². The third-order valence-electron chi connectivity index (χ3n) is 6.57. The molecule has 1 aliphatic carbocycles. The maximum absolute atomic E-state index is 12.9. The molecular formula is C23H30N2O5. The van der Waals surface area contributed by atoms with Crippen molar-refractivity contribution in [1.29, 1.82) is 0 Å². The van der Waals surface area contributed by atoms with Crippen LogP contribution in [-0.2, 0) is 14.3 Å². The highest BCUT2D eigenvalue weighted by atomic mass is 16.5. The number of Topliss-reactive ketones (excluding diaryl/α,β-unsaturated/α-hetero) is 1. The largest absolute Gasteiger partial charge is 0.456 e. The van der Waals surface area contributed by atoms with Crippen LogP contribution < -0.4 is 5.32 Å². The molecule has 1 spiro atoms. The summed E-state index contributed by atoms with van der Waals surface area (Å²) in [6.07, 6.45) is 4.32. The summed E-state index contributed by atoms with van der Waals surface area (Å²) in [6, 6.07) is 6.69. The van der Waals surface area contributed by atoms with E-state index in [2.05, 4.69) is 19.2 Å². The lowest BCUT2D eigenvalue weighted by Gasteiger charge is -2.36. The zero-order valence-electron chi connectivity index (χ0n) is 17.9. The number of esters is 1. The number of imide groups is 1. The van der Waals surface area contributed by atoms with E-state index in [4.69, 9.17) is 4.74 Å². The number of benzene rings is 1. The first kappa shape index (κ1) is 22.0. The number of carbonyl (C=O) groups is 4. The van der Waals surface area contributed by atoms with Gasteiger partial charge in [-0.1, -0.05) is 57.9 Å². The van der Waals surface area contributed by atoms with E-state index in [1.807, 2.05) is 19.1 Å². The topological polar surface area (TPSA) is 92.8 Å². The minimum atomic E-state index is -0.914. The van der Waals surface area contributed by atoms with E-state index in [1.54, 1.807) is 12.1 Å². The number of amides is 3. The van der Waals surface area contributed by atoms with E-state index in [0.29, 0.717) is 17.9 Å². The van der Waals surface area contributed by atoms with Gasteiger partial charge in [0.25, 0.3) is 5.91 Å². The van der Waals surface area contributed by atoms with Crippen molar-refractivity contribution < 1.29 is 23.9 Å². The van der Waals surface area contributed by atoms with Crippen molar-refractivity contribution in [2.24, 2.45) is 5.92 Å². The van der Waals surface area contributed by atoms with Crippen molar-refractivity contribution >= 4 is 23.7 Å². The molecule has 162 valence electrons. The summed E-state index contributed by atoms with van der Waals surface area (Å²) in [5.41, 5.74) is 0.693. The second-order valence-electron chi connectivity index (χ2n) is 8.45. The van der Waals surface area contributed by atoms with Crippen LogP contribution in [0.4, 0.5) is 4.79 Å². The molecule has 2 fully saturated rings. The Morgan fingerprint density at radius 2 is 1.93 bits per heavy atom. The van der Waals surface area contributed by atoms with Crippen molar-refractivity contribution in [3.63, 3.8) is 0 Å². The zero-order valence-corrected chi connectivity index (χ0v) is 17.9.